The highest BCUT2D eigenvalue weighted by molar-refractivity contribution is 5.80. The van der Waals surface area contributed by atoms with E-state index in [2.05, 4.69) is 20.2 Å². The maximum Gasteiger partial charge on any atom is 0.314 e. The molecule has 3 N–H and O–H groups in total. The highest BCUT2D eigenvalue weighted by Crippen LogP contribution is 2.35. The lowest BCUT2D eigenvalue weighted by Gasteiger charge is -2.07. The number of H-pyrrole nitrogens is 1. The second-order valence-corrected chi connectivity index (χ2v) is 3.97. The smallest absolute Gasteiger partial charge is 0.314 e. The lowest BCUT2D eigenvalue weighted by Crippen LogP contribution is -2.01. The second kappa shape index (κ2) is 4.67. The van der Waals surface area contributed by atoms with Crippen molar-refractivity contribution < 1.29 is 14.1 Å². The maximum atomic E-state index is 13.8. The van der Waals surface area contributed by atoms with Crippen LogP contribution < -0.4 is 10.5 Å². The van der Waals surface area contributed by atoms with Crippen molar-refractivity contribution in [1.82, 2.24) is 20.2 Å². The largest absolute Gasteiger partial charge is 0.428 e. The molecule has 0 unspecified atom stereocenters. The summed E-state index contributed by atoms with van der Waals surface area (Å²) in [7, 11) is 0. The van der Waals surface area contributed by atoms with Crippen molar-refractivity contribution in [3.63, 3.8) is 0 Å². The fourth-order valence-electron chi connectivity index (χ4n) is 1.74. The molecule has 3 aromatic rings. The van der Waals surface area contributed by atoms with Crippen LogP contribution >= 0.6 is 0 Å². The van der Waals surface area contributed by atoms with E-state index in [0.717, 1.165) is 12.1 Å². The van der Waals surface area contributed by atoms with Gasteiger partial charge in [0.15, 0.2) is 11.5 Å². The van der Waals surface area contributed by atoms with E-state index in [1.165, 1.54) is 12.3 Å². The molecule has 0 saturated heterocycles. The van der Waals surface area contributed by atoms with Gasteiger partial charge >= 0.3 is 5.69 Å². The average Bonchev–Trinajstić information content (AvgIpc) is 2.88. The normalized spacial score (nSPS) is 10.7. The van der Waals surface area contributed by atoms with Crippen molar-refractivity contribution in [2.75, 3.05) is 5.73 Å². The lowest BCUT2D eigenvalue weighted by molar-refractivity contribution is -0.385. The molecule has 0 radical (unpaired) electrons. The molecule has 3 rings (SSSR count). The minimum atomic E-state index is -0.891. The molecule has 9 nitrogen and oxygen atoms in total. The SMILES string of the molecule is Nc1nc(Oc2c(F)cccc2[N+](=O)[O-])c2cn[nH]c2n1. The van der Waals surface area contributed by atoms with Gasteiger partial charge in [-0.05, 0) is 6.07 Å². The highest BCUT2D eigenvalue weighted by atomic mass is 19.1. The van der Waals surface area contributed by atoms with E-state index in [1.807, 2.05) is 0 Å². The number of fused-ring (bicyclic) bond motifs is 1. The standard InChI is InChI=1S/C11H7FN6O3/c12-6-2-1-3-7(18(19)20)8(6)21-10-5-4-14-17-9(5)15-11(13)16-10/h1-4H,(H3,13,14,15,16,17). The molecule has 106 valence electrons. The van der Waals surface area contributed by atoms with Gasteiger partial charge in [-0.25, -0.2) is 4.39 Å². The number of aromatic nitrogens is 4. The third-order valence-corrected chi connectivity index (χ3v) is 2.63. The summed E-state index contributed by atoms with van der Waals surface area (Å²) in [5, 5.41) is 17.5. The van der Waals surface area contributed by atoms with Crippen LogP contribution in [0.3, 0.4) is 0 Å². The number of nitrogens with zero attached hydrogens (tertiary/aromatic N) is 4. The number of benzene rings is 1. The zero-order valence-corrected chi connectivity index (χ0v) is 10.3. The van der Waals surface area contributed by atoms with Crippen LogP contribution in [0.2, 0.25) is 0 Å². The Bertz CT molecular complexity index is 849. The number of halogens is 1. The van der Waals surface area contributed by atoms with Gasteiger partial charge in [-0.1, -0.05) is 6.07 Å². The summed E-state index contributed by atoms with van der Waals surface area (Å²) < 4.78 is 19.0. The van der Waals surface area contributed by atoms with Crippen molar-refractivity contribution in [3.8, 4) is 11.6 Å². The Morgan fingerprint density at radius 1 is 1.38 bits per heavy atom. The molecule has 10 heteroatoms. The third-order valence-electron chi connectivity index (χ3n) is 2.63. The second-order valence-electron chi connectivity index (χ2n) is 3.97. The molecule has 0 fully saturated rings. The molecule has 0 bridgehead atoms. The number of hydrogen-bond acceptors (Lipinski definition) is 7. The summed E-state index contributed by atoms with van der Waals surface area (Å²) in [6, 6.07) is 3.37. The predicted octanol–water partition coefficient (Wildman–Crippen LogP) is 1.77. The van der Waals surface area contributed by atoms with Crippen LogP contribution in [0.4, 0.5) is 16.0 Å². The lowest BCUT2D eigenvalue weighted by atomic mass is 10.3. The Hall–Kier alpha value is -3.30. The Balaban J connectivity index is 2.15. The first-order valence-electron chi connectivity index (χ1n) is 5.63. The minimum absolute atomic E-state index is 0.126. The quantitative estimate of drug-likeness (QED) is 0.554. The summed E-state index contributed by atoms with van der Waals surface area (Å²) >= 11 is 0. The zero-order valence-electron chi connectivity index (χ0n) is 10.3. The molecule has 2 heterocycles. The number of nitro benzene ring substituents is 1. The van der Waals surface area contributed by atoms with E-state index in [-0.39, 0.29) is 17.5 Å². The number of ether oxygens (including phenoxy) is 1. The van der Waals surface area contributed by atoms with Crippen LogP contribution in [0.25, 0.3) is 11.0 Å². The third kappa shape index (κ3) is 2.18. The van der Waals surface area contributed by atoms with Crippen LogP contribution in [0.5, 0.6) is 11.6 Å². The molecule has 0 amide bonds. The van der Waals surface area contributed by atoms with Crippen molar-refractivity contribution >= 4 is 22.7 Å². The van der Waals surface area contributed by atoms with E-state index < -0.39 is 22.2 Å². The topological polar surface area (TPSA) is 133 Å². The van der Waals surface area contributed by atoms with Gasteiger partial charge in [-0.2, -0.15) is 15.1 Å². The van der Waals surface area contributed by atoms with E-state index in [4.69, 9.17) is 10.5 Å². The molecular weight excluding hydrogens is 283 g/mol. The van der Waals surface area contributed by atoms with E-state index in [0.29, 0.717) is 5.39 Å². The fraction of sp³-hybridized carbons (Fsp3) is 0. The first-order valence-corrected chi connectivity index (χ1v) is 5.63. The van der Waals surface area contributed by atoms with Gasteiger partial charge in [-0.15, -0.1) is 0 Å². The maximum absolute atomic E-state index is 13.8. The van der Waals surface area contributed by atoms with E-state index >= 15 is 0 Å². The van der Waals surface area contributed by atoms with Crippen LogP contribution in [0.1, 0.15) is 0 Å². The Labute approximate surface area is 115 Å². The summed E-state index contributed by atoms with van der Waals surface area (Å²) in [6.45, 7) is 0. The molecule has 0 aliphatic rings. The number of para-hydroxylation sites is 1. The monoisotopic (exact) mass is 290 g/mol. The molecular formula is C11H7FN6O3. The zero-order chi connectivity index (χ0) is 15.0. The van der Waals surface area contributed by atoms with Crippen molar-refractivity contribution in [2.45, 2.75) is 0 Å². The number of aromatic amines is 1. The van der Waals surface area contributed by atoms with E-state index in [1.54, 1.807) is 0 Å². The van der Waals surface area contributed by atoms with Gasteiger partial charge in [0.25, 0.3) is 0 Å². The number of nitrogens with one attached hydrogen (secondary N) is 1. The van der Waals surface area contributed by atoms with Gasteiger partial charge in [0, 0.05) is 6.07 Å². The number of rotatable bonds is 3. The first kappa shape index (κ1) is 12.7. The number of nitro groups is 1. The van der Waals surface area contributed by atoms with Gasteiger partial charge < -0.3 is 10.5 Å². The van der Waals surface area contributed by atoms with Crippen LogP contribution in [-0.4, -0.2) is 25.1 Å². The Morgan fingerprint density at radius 2 is 2.19 bits per heavy atom. The van der Waals surface area contributed by atoms with Crippen LogP contribution in [0.15, 0.2) is 24.4 Å². The van der Waals surface area contributed by atoms with Gasteiger partial charge in [-0.3, -0.25) is 15.2 Å². The number of hydrogen-bond donors (Lipinski definition) is 2. The molecule has 1 aromatic carbocycles. The summed E-state index contributed by atoms with van der Waals surface area (Å²) in [5.41, 5.74) is 5.25. The first-order chi connectivity index (χ1) is 10.1. The molecule has 2 aromatic heterocycles. The van der Waals surface area contributed by atoms with Gasteiger partial charge in [0.1, 0.15) is 5.39 Å². The number of nitrogen functional groups attached to an aromatic ring is 1. The van der Waals surface area contributed by atoms with Gasteiger partial charge in [0.2, 0.25) is 17.6 Å². The Morgan fingerprint density at radius 3 is 2.95 bits per heavy atom. The predicted molar refractivity (Wildman–Crippen MR) is 69.2 cm³/mol. The van der Waals surface area contributed by atoms with Crippen molar-refractivity contribution in [2.24, 2.45) is 0 Å². The van der Waals surface area contributed by atoms with Gasteiger partial charge in [0.05, 0.1) is 11.1 Å². The number of nitrogens with two attached hydrogens (primary N) is 1. The summed E-state index contributed by atoms with van der Waals surface area (Å²) in [4.78, 5) is 17.8. The minimum Gasteiger partial charge on any atom is -0.428 e. The van der Waals surface area contributed by atoms with Crippen LogP contribution in [0, 0.1) is 15.9 Å². The molecule has 0 aliphatic carbocycles. The summed E-state index contributed by atoms with van der Waals surface area (Å²) in [5.74, 6) is -1.71. The molecule has 0 saturated carbocycles. The Kier molecular flexibility index (Phi) is 2.83. The molecule has 21 heavy (non-hydrogen) atoms. The molecule has 0 aliphatic heterocycles. The fourth-order valence-corrected chi connectivity index (χ4v) is 1.74. The average molecular weight is 290 g/mol. The van der Waals surface area contributed by atoms with Crippen molar-refractivity contribution in [3.05, 3.63) is 40.3 Å². The van der Waals surface area contributed by atoms with Crippen molar-refractivity contribution in [1.29, 1.82) is 0 Å². The number of anilines is 1. The summed E-state index contributed by atoms with van der Waals surface area (Å²) in [6.07, 6.45) is 1.34. The molecule has 0 spiro atoms. The van der Waals surface area contributed by atoms with Crippen LogP contribution in [-0.2, 0) is 0 Å². The molecule has 0 atom stereocenters. The van der Waals surface area contributed by atoms with E-state index in [9.17, 15) is 14.5 Å². The highest BCUT2D eigenvalue weighted by Gasteiger charge is 2.22.